The molecular formula is C36H41N3O7. The van der Waals surface area contributed by atoms with Crippen molar-refractivity contribution in [2.45, 2.75) is 39.6 Å². The Hall–Kier alpha value is -5.09. The molecule has 0 saturated carbocycles. The Bertz CT molecular complexity index is 1510. The van der Waals surface area contributed by atoms with Gasteiger partial charge in [0.15, 0.2) is 6.61 Å². The predicted octanol–water partition coefficient (Wildman–Crippen LogP) is 5.94. The van der Waals surface area contributed by atoms with Crippen molar-refractivity contribution >= 4 is 12.0 Å². The maximum atomic E-state index is 12.2. The number of hydrogen-bond acceptors (Lipinski definition) is 8. The summed E-state index contributed by atoms with van der Waals surface area (Å²) in [6, 6.07) is 30.9. The second kappa shape index (κ2) is 17.4. The Morgan fingerprint density at radius 1 is 0.696 bits per heavy atom. The van der Waals surface area contributed by atoms with Gasteiger partial charge in [-0.1, -0.05) is 72.8 Å². The molecule has 1 aromatic heterocycles. The fourth-order valence-electron chi connectivity index (χ4n) is 4.13. The van der Waals surface area contributed by atoms with E-state index in [1.165, 1.54) is 0 Å². The lowest BCUT2D eigenvalue weighted by atomic mass is 10.1. The molecule has 0 aliphatic heterocycles. The number of nitrogens with zero attached hydrogens (tertiary/aromatic N) is 1. The van der Waals surface area contributed by atoms with E-state index in [2.05, 4.69) is 15.6 Å². The van der Waals surface area contributed by atoms with Crippen LogP contribution in [-0.2, 0) is 27.5 Å². The minimum absolute atomic E-state index is 0.139. The quantitative estimate of drug-likeness (QED) is 0.147. The Morgan fingerprint density at radius 2 is 1.30 bits per heavy atom. The Labute approximate surface area is 270 Å². The minimum Gasteiger partial charge on any atom is -0.484 e. The van der Waals surface area contributed by atoms with E-state index in [-0.39, 0.29) is 12.5 Å². The Balaban J connectivity index is 1.25. The molecule has 1 heterocycles. The summed E-state index contributed by atoms with van der Waals surface area (Å²) in [4.78, 5) is 28.5. The summed E-state index contributed by atoms with van der Waals surface area (Å²) in [5.41, 5.74) is 3.19. The van der Waals surface area contributed by atoms with Gasteiger partial charge in [-0.2, -0.15) is 4.98 Å². The van der Waals surface area contributed by atoms with Gasteiger partial charge in [0.2, 0.25) is 11.8 Å². The molecule has 0 aliphatic rings. The molecule has 0 radical (unpaired) electrons. The van der Waals surface area contributed by atoms with Crippen LogP contribution >= 0.6 is 0 Å². The summed E-state index contributed by atoms with van der Waals surface area (Å²) >= 11 is 0. The molecule has 46 heavy (non-hydrogen) atoms. The molecule has 2 N–H and O–H groups in total. The summed E-state index contributed by atoms with van der Waals surface area (Å²) in [5.74, 6) is 1.19. The number of pyridine rings is 1. The number of aromatic nitrogens is 1. The topological polar surface area (TPSA) is 117 Å². The second-order valence-electron chi connectivity index (χ2n) is 11.3. The highest BCUT2D eigenvalue weighted by Crippen LogP contribution is 2.32. The summed E-state index contributed by atoms with van der Waals surface area (Å²) in [7, 11) is 0. The third kappa shape index (κ3) is 12.1. The van der Waals surface area contributed by atoms with E-state index in [9.17, 15) is 9.59 Å². The van der Waals surface area contributed by atoms with Crippen LogP contribution in [0.5, 0.6) is 17.5 Å². The highest BCUT2D eigenvalue weighted by Gasteiger charge is 2.15. The fraction of sp³-hybridized carbons (Fsp3) is 0.306. The monoisotopic (exact) mass is 627 g/mol. The van der Waals surface area contributed by atoms with Crippen molar-refractivity contribution in [3.05, 3.63) is 108 Å². The first-order valence-corrected chi connectivity index (χ1v) is 15.1. The average Bonchev–Trinajstić information content (AvgIpc) is 3.05. The van der Waals surface area contributed by atoms with Gasteiger partial charge in [-0.25, -0.2) is 4.79 Å². The van der Waals surface area contributed by atoms with Crippen LogP contribution in [0.25, 0.3) is 11.1 Å². The number of alkyl carbamates (subject to hydrolysis) is 1. The van der Waals surface area contributed by atoms with Gasteiger partial charge >= 0.3 is 6.09 Å². The van der Waals surface area contributed by atoms with Crippen molar-refractivity contribution in [3.63, 3.8) is 0 Å². The molecule has 10 heteroatoms. The van der Waals surface area contributed by atoms with Crippen molar-refractivity contribution < 1.29 is 33.3 Å². The third-order valence-electron chi connectivity index (χ3n) is 6.30. The zero-order chi connectivity index (χ0) is 32.6. The number of amides is 2. The standard InChI is InChI=1S/C36H41N3O7/c1-36(2,3)46-35(41)38-21-23-42-22-20-37-32(40)26-43-30-16-14-29(15-17-30)31-18-19-33(44-24-27-10-6-4-7-11-27)39-34(31)45-25-28-12-8-5-9-13-28/h4-19H,20-26H2,1-3H3,(H,37,40)(H,38,41). The SMILES string of the molecule is CC(C)(C)OC(=O)NCCOCCNC(=O)COc1ccc(-c2ccc(OCc3ccccc3)nc2OCc2ccccc2)cc1. The van der Waals surface area contributed by atoms with Gasteiger partial charge in [0.25, 0.3) is 5.91 Å². The van der Waals surface area contributed by atoms with Crippen LogP contribution < -0.4 is 24.8 Å². The fourth-order valence-corrected chi connectivity index (χ4v) is 4.13. The number of benzene rings is 3. The van der Waals surface area contributed by atoms with Gasteiger partial charge in [0, 0.05) is 24.7 Å². The molecule has 0 saturated heterocycles. The first kappa shape index (κ1) is 33.8. The predicted molar refractivity (Wildman–Crippen MR) is 175 cm³/mol. The lowest BCUT2D eigenvalue weighted by Gasteiger charge is -2.19. The van der Waals surface area contributed by atoms with Crippen LogP contribution in [0.3, 0.4) is 0 Å². The second-order valence-corrected chi connectivity index (χ2v) is 11.3. The van der Waals surface area contributed by atoms with E-state index in [1.807, 2.05) is 84.9 Å². The van der Waals surface area contributed by atoms with E-state index in [4.69, 9.17) is 23.7 Å². The number of carbonyl (C=O) groups excluding carboxylic acids is 2. The third-order valence-corrected chi connectivity index (χ3v) is 6.30. The molecule has 2 amide bonds. The van der Waals surface area contributed by atoms with Gasteiger partial charge in [-0.05, 0) is 55.7 Å². The maximum absolute atomic E-state index is 12.2. The van der Waals surface area contributed by atoms with Gasteiger partial charge in [0.05, 0.1) is 13.2 Å². The first-order chi connectivity index (χ1) is 22.2. The highest BCUT2D eigenvalue weighted by molar-refractivity contribution is 5.77. The van der Waals surface area contributed by atoms with Crippen LogP contribution in [0.1, 0.15) is 31.9 Å². The van der Waals surface area contributed by atoms with Crippen LogP contribution in [0.15, 0.2) is 97.1 Å². The molecule has 3 aromatic carbocycles. The maximum Gasteiger partial charge on any atom is 0.407 e. The molecular weight excluding hydrogens is 586 g/mol. The first-order valence-electron chi connectivity index (χ1n) is 15.1. The Kier molecular flexibility index (Phi) is 12.8. The van der Waals surface area contributed by atoms with Gasteiger partial charge in [0.1, 0.15) is 24.6 Å². The van der Waals surface area contributed by atoms with Crippen LogP contribution in [0.2, 0.25) is 0 Å². The summed E-state index contributed by atoms with van der Waals surface area (Å²) in [6.45, 7) is 7.23. The summed E-state index contributed by atoms with van der Waals surface area (Å²) in [5, 5.41) is 5.36. The highest BCUT2D eigenvalue weighted by atomic mass is 16.6. The summed E-state index contributed by atoms with van der Waals surface area (Å²) < 4.78 is 28.4. The van der Waals surface area contributed by atoms with Gasteiger partial charge < -0.3 is 34.3 Å². The molecule has 4 aromatic rings. The van der Waals surface area contributed by atoms with E-state index >= 15 is 0 Å². The van der Waals surface area contributed by atoms with Crippen LogP contribution in [0.4, 0.5) is 4.79 Å². The number of hydrogen-bond donors (Lipinski definition) is 2. The lowest BCUT2D eigenvalue weighted by molar-refractivity contribution is -0.123. The average molecular weight is 628 g/mol. The van der Waals surface area contributed by atoms with E-state index in [0.29, 0.717) is 57.0 Å². The van der Waals surface area contributed by atoms with Gasteiger partial charge in [-0.15, -0.1) is 0 Å². The normalized spacial score (nSPS) is 10.9. The van der Waals surface area contributed by atoms with Crippen molar-refractivity contribution in [1.82, 2.24) is 15.6 Å². The molecule has 0 spiro atoms. The minimum atomic E-state index is -0.553. The summed E-state index contributed by atoms with van der Waals surface area (Å²) in [6.07, 6.45) is -0.495. The van der Waals surface area contributed by atoms with Crippen molar-refractivity contribution in [1.29, 1.82) is 0 Å². The van der Waals surface area contributed by atoms with Crippen molar-refractivity contribution in [3.8, 4) is 28.6 Å². The van der Waals surface area contributed by atoms with E-state index in [1.54, 1.807) is 32.9 Å². The molecule has 0 unspecified atom stereocenters. The number of nitrogens with one attached hydrogen (secondary N) is 2. The number of rotatable bonds is 16. The molecule has 0 bridgehead atoms. The van der Waals surface area contributed by atoms with Crippen molar-refractivity contribution in [2.24, 2.45) is 0 Å². The smallest absolute Gasteiger partial charge is 0.407 e. The van der Waals surface area contributed by atoms with Gasteiger partial charge in [-0.3, -0.25) is 4.79 Å². The molecule has 10 nitrogen and oxygen atoms in total. The molecule has 0 atom stereocenters. The van der Waals surface area contributed by atoms with Crippen molar-refractivity contribution in [2.75, 3.05) is 32.9 Å². The largest absolute Gasteiger partial charge is 0.484 e. The zero-order valence-corrected chi connectivity index (χ0v) is 26.5. The number of ether oxygens (including phenoxy) is 5. The Morgan fingerprint density at radius 3 is 1.93 bits per heavy atom. The zero-order valence-electron chi connectivity index (χ0n) is 26.5. The molecule has 0 fully saturated rings. The van der Waals surface area contributed by atoms with E-state index in [0.717, 1.165) is 22.3 Å². The number of carbonyl (C=O) groups is 2. The van der Waals surface area contributed by atoms with Crippen LogP contribution in [0, 0.1) is 0 Å². The molecule has 242 valence electrons. The van der Waals surface area contributed by atoms with E-state index < -0.39 is 11.7 Å². The molecule has 0 aliphatic carbocycles. The lowest BCUT2D eigenvalue weighted by Crippen LogP contribution is -2.35. The molecule has 4 rings (SSSR count). The van der Waals surface area contributed by atoms with Crippen LogP contribution in [-0.4, -0.2) is 55.5 Å².